The molecule has 0 spiro atoms. The zero-order chi connectivity index (χ0) is 16.2. The first-order valence-electron chi connectivity index (χ1n) is 7.50. The monoisotopic (exact) mass is 309 g/mol. The molecule has 0 unspecified atom stereocenters. The Labute approximate surface area is 134 Å². The molecule has 5 heteroatoms. The number of carbonyl (C=O) groups excluding carboxylic acids is 1. The molecule has 3 aromatic rings. The molecule has 1 heterocycles. The minimum absolute atomic E-state index is 0.0701. The maximum Gasteiger partial charge on any atom is 0.226 e. The summed E-state index contributed by atoms with van der Waals surface area (Å²) < 4.78 is 5.22. The Kier molecular flexibility index (Phi) is 4.28. The maximum absolute atomic E-state index is 12.1. The van der Waals surface area contributed by atoms with Gasteiger partial charge in [0.25, 0.3) is 0 Å². The number of nitrogens with zero attached hydrogens (tertiary/aromatic N) is 2. The van der Waals surface area contributed by atoms with Crippen LogP contribution in [0.3, 0.4) is 0 Å². The highest BCUT2D eigenvalue weighted by Crippen LogP contribution is 2.18. The van der Waals surface area contributed by atoms with Crippen LogP contribution in [0.15, 0.2) is 53.1 Å². The second-order valence-electron chi connectivity index (χ2n) is 5.64. The molecule has 0 atom stereocenters. The zero-order valence-corrected chi connectivity index (χ0v) is 13.2. The number of anilines is 1. The van der Waals surface area contributed by atoms with Crippen LogP contribution >= 0.6 is 0 Å². The van der Waals surface area contributed by atoms with E-state index < -0.39 is 0 Å². The number of carbonyl (C=O) groups is 1. The van der Waals surface area contributed by atoms with Gasteiger partial charge in [0, 0.05) is 31.7 Å². The summed E-state index contributed by atoms with van der Waals surface area (Å²) in [6.45, 7) is 0.496. The Morgan fingerprint density at radius 2 is 2.00 bits per heavy atom. The molecule has 1 amide bonds. The predicted octanol–water partition coefficient (Wildman–Crippen LogP) is 2.75. The van der Waals surface area contributed by atoms with Crippen molar-refractivity contribution < 1.29 is 9.32 Å². The van der Waals surface area contributed by atoms with Crippen LogP contribution in [0.2, 0.25) is 0 Å². The van der Waals surface area contributed by atoms with Gasteiger partial charge < -0.3 is 14.7 Å². The van der Waals surface area contributed by atoms with Crippen LogP contribution in [0.25, 0.3) is 11.0 Å². The Bertz CT molecular complexity index is 824. The molecule has 23 heavy (non-hydrogen) atoms. The molecular formula is C18H19N3O2. The van der Waals surface area contributed by atoms with Crippen LogP contribution in [0.4, 0.5) is 5.69 Å². The van der Waals surface area contributed by atoms with Gasteiger partial charge in [-0.1, -0.05) is 29.4 Å². The molecule has 0 fully saturated rings. The molecule has 0 bridgehead atoms. The van der Waals surface area contributed by atoms with Gasteiger partial charge in [0.05, 0.1) is 6.42 Å². The summed E-state index contributed by atoms with van der Waals surface area (Å²) in [7, 11) is 3.99. The average Bonchev–Trinajstić information content (AvgIpc) is 2.96. The summed E-state index contributed by atoms with van der Waals surface area (Å²) in [6, 6.07) is 15.6. The van der Waals surface area contributed by atoms with E-state index >= 15 is 0 Å². The smallest absolute Gasteiger partial charge is 0.226 e. The number of rotatable bonds is 5. The van der Waals surface area contributed by atoms with Crippen LogP contribution < -0.4 is 10.2 Å². The lowest BCUT2D eigenvalue weighted by atomic mass is 10.1. The fourth-order valence-electron chi connectivity index (χ4n) is 2.43. The Hall–Kier alpha value is -2.82. The summed E-state index contributed by atoms with van der Waals surface area (Å²) in [5.74, 6) is -0.0701. The van der Waals surface area contributed by atoms with E-state index in [0.717, 1.165) is 16.6 Å². The molecule has 2 aromatic carbocycles. The zero-order valence-electron chi connectivity index (χ0n) is 13.2. The first-order chi connectivity index (χ1) is 11.1. The minimum atomic E-state index is -0.0701. The average molecular weight is 309 g/mol. The second kappa shape index (κ2) is 6.52. The Morgan fingerprint density at radius 1 is 1.17 bits per heavy atom. The van der Waals surface area contributed by atoms with Gasteiger partial charge in [-0.2, -0.15) is 0 Å². The van der Waals surface area contributed by atoms with Gasteiger partial charge in [0.2, 0.25) is 5.91 Å². The number of benzene rings is 2. The molecule has 0 saturated heterocycles. The SMILES string of the molecule is CN(C)c1cccc(CNC(=O)Cc2noc3ccccc23)c1. The lowest BCUT2D eigenvalue weighted by molar-refractivity contribution is -0.120. The molecule has 5 nitrogen and oxygen atoms in total. The molecule has 0 radical (unpaired) electrons. The van der Waals surface area contributed by atoms with Crippen LogP contribution in [0.5, 0.6) is 0 Å². The number of fused-ring (bicyclic) bond motifs is 1. The van der Waals surface area contributed by atoms with Gasteiger partial charge in [-0.25, -0.2) is 0 Å². The van der Waals surface area contributed by atoms with E-state index in [9.17, 15) is 4.79 Å². The van der Waals surface area contributed by atoms with Crippen molar-refractivity contribution in [3.05, 3.63) is 59.8 Å². The summed E-state index contributed by atoms with van der Waals surface area (Å²) in [6.07, 6.45) is 0.213. The van der Waals surface area contributed by atoms with Crippen molar-refractivity contribution in [3.8, 4) is 0 Å². The van der Waals surface area contributed by atoms with E-state index in [1.165, 1.54) is 0 Å². The van der Waals surface area contributed by atoms with Gasteiger partial charge in [-0.3, -0.25) is 4.79 Å². The second-order valence-corrected chi connectivity index (χ2v) is 5.64. The molecule has 118 valence electrons. The molecule has 0 saturated carbocycles. The highest BCUT2D eigenvalue weighted by Gasteiger charge is 2.11. The van der Waals surface area contributed by atoms with Crippen molar-refractivity contribution in [2.75, 3.05) is 19.0 Å². The third-order valence-electron chi connectivity index (χ3n) is 3.70. The van der Waals surface area contributed by atoms with Crippen molar-refractivity contribution in [2.45, 2.75) is 13.0 Å². The van der Waals surface area contributed by atoms with E-state index in [1.54, 1.807) is 0 Å². The summed E-state index contributed by atoms with van der Waals surface area (Å²) in [5, 5.41) is 7.80. The highest BCUT2D eigenvalue weighted by atomic mass is 16.5. The van der Waals surface area contributed by atoms with E-state index in [1.807, 2.05) is 61.5 Å². The van der Waals surface area contributed by atoms with Crippen molar-refractivity contribution in [1.29, 1.82) is 0 Å². The van der Waals surface area contributed by atoms with Gasteiger partial charge >= 0.3 is 0 Å². The molecular weight excluding hydrogens is 290 g/mol. The van der Waals surface area contributed by atoms with Gasteiger partial charge in [0.1, 0.15) is 5.69 Å². The minimum Gasteiger partial charge on any atom is -0.378 e. The quantitative estimate of drug-likeness (QED) is 0.787. The van der Waals surface area contributed by atoms with Crippen molar-refractivity contribution in [3.63, 3.8) is 0 Å². The molecule has 3 rings (SSSR count). The fraction of sp³-hybridized carbons (Fsp3) is 0.222. The topological polar surface area (TPSA) is 58.4 Å². The summed E-state index contributed by atoms with van der Waals surface area (Å²) >= 11 is 0. The largest absolute Gasteiger partial charge is 0.378 e. The van der Waals surface area contributed by atoms with Gasteiger partial charge in [-0.15, -0.1) is 0 Å². The lowest BCUT2D eigenvalue weighted by Gasteiger charge is -2.13. The van der Waals surface area contributed by atoms with Crippen molar-refractivity contribution in [2.24, 2.45) is 0 Å². The van der Waals surface area contributed by atoms with E-state index in [0.29, 0.717) is 17.8 Å². The number of hydrogen-bond acceptors (Lipinski definition) is 4. The number of hydrogen-bond donors (Lipinski definition) is 1. The standard InChI is InChI=1S/C18H19N3O2/c1-21(2)14-7-5-6-13(10-14)12-19-18(22)11-16-15-8-3-4-9-17(15)23-20-16/h3-10H,11-12H2,1-2H3,(H,19,22). The van der Waals surface area contributed by atoms with E-state index in [-0.39, 0.29) is 12.3 Å². The van der Waals surface area contributed by atoms with Crippen LogP contribution in [-0.4, -0.2) is 25.2 Å². The summed E-state index contributed by atoms with van der Waals surface area (Å²) in [5.41, 5.74) is 3.54. The molecule has 0 aliphatic carbocycles. The molecule has 0 aliphatic rings. The van der Waals surface area contributed by atoms with Crippen LogP contribution in [0.1, 0.15) is 11.3 Å². The van der Waals surface area contributed by atoms with Crippen LogP contribution in [-0.2, 0) is 17.8 Å². The number of nitrogens with one attached hydrogen (secondary N) is 1. The van der Waals surface area contributed by atoms with Crippen LogP contribution in [0, 0.1) is 0 Å². The highest BCUT2D eigenvalue weighted by molar-refractivity contribution is 5.86. The van der Waals surface area contributed by atoms with E-state index in [4.69, 9.17) is 4.52 Å². The Morgan fingerprint density at radius 3 is 2.83 bits per heavy atom. The van der Waals surface area contributed by atoms with Crippen molar-refractivity contribution in [1.82, 2.24) is 10.5 Å². The molecule has 1 aromatic heterocycles. The van der Waals surface area contributed by atoms with Gasteiger partial charge in [-0.05, 0) is 29.8 Å². The first-order valence-corrected chi connectivity index (χ1v) is 7.50. The first kappa shape index (κ1) is 15.1. The fourth-order valence-corrected chi connectivity index (χ4v) is 2.43. The van der Waals surface area contributed by atoms with Gasteiger partial charge in [0.15, 0.2) is 5.58 Å². The molecule has 1 N–H and O–H groups in total. The van der Waals surface area contributed by atoms with E-state index in [2.05, 4.69) is 16.5 Å². The number of aromatic nitrogens is 1. The third-order valence-corrected chi connectivity index (χ3v) is 3.70. The normalized spacial score (nSPS) is 10.7. The number of amides is 1. The summed E-state index contributed by atoms with van der Waals surface area (Å²) in [4.78, 5) is 14.2. The Balaban J connectivity index is 1.63. The third kappa shape index (κ3) is 3.51. The molecule has 0 aliphatic heterocycles. The lowest BCUT2D eigenvalue weighted by Crippen LogP contribution is -2.24. The predicted molar refractivity (Wildman–Crippen MR) is 90.3 cm³/mol. The number of para-hydroxylation sites is 1. The maximum atomic E-state index is 12.1. The van der Waals surface area contributed by atoms with Crippen molar-refractivity contribution >= 4 is 22.6 Å².